The van der Waals surface area contributed by atoms with Gasteiger partial charge in [0.15, 0.2) is 0 Å². The minimum absolute atomic E-state index is 0.301. The zero-order valence-corrected chi connectivity index (χ0v) is 4.43. The van der Waals surface area contributed by atoms with E-state index in [-0.39, 0.29) is 0 Å². The maximum Gasteiger partial charge on any atom is 0.519 e. The molecule has 0 amide bonds. The Hall–Kier alpha value is -0.990. The maximum absolute atomic E-state index is 10.1. The smallest absolute Gasteiger partial charge is 0.396 e. The predicted molar refractivity (Wildman–Crippen MR) is 26.4 cm³/mol. The maximum atomic E-state index is 10.1. The highest BCUT2D eigenvalue weighted by Crippen LogP contribution is 1.99. The van der Waals surface area contributed by atoms with E-state index in [0.717, 1.165) is 0 Å². The lowest BCUT2D eigenvalue weighted by Crippen LogP contribution is -1.85. The minimum Gasteiger partial charge on any atom is -0.396 e. The molecule has 0 spiro atoms. The second-order valence-corrected chi connectivity index (χ2v) is 1.43. The second kappa shape index (κ2) is 1.51. The van der Waals surface area contributed by atoms with E-state index >= 15 is 0 Å². The summed E-state index contributed by atoms with van der Waals surface area (Å²) in [5.74, 6) is 0.0532. The van der Waals surface area contributed by atoms with Gasteiger partial charge in [-0.1, -0.05) is 0 Å². The molecule has 0 saturated heterocycles. The minimum atomic E-state index is -0.688. The van der Waals surface area contributed by atoms with Crippen LogP contribution in [0.4, 0.5) is 0 Å². The molecular formula is C5H5O3. The summed E-state index contributed by atoms with van der Waals surface area (Å²) in [5, 5.41) is 0. The second-order valence-electron chi connectivity index (χ2n) is 1.43. The van der Waals surface area contributed by atoms with E-state index < -0.39 is 5.82 Å². The van der Waals surface area contributed by atoms with Gasteiger partial charge in [0.2, 0.25) is 0 Å². The zero-order valence-electron chi connectivity index (χ0n) is 4.43. The van der Waals surface area contributed by atoms with Crippen molar-refractivity contribution in [3.05, 3.63) is 29.1 Å². The van der Waals surface area contributed by atoms with Gasteiger partial charge in [0, 0.05) is 6.92 Å². The van der Waals surface area contributed by atoms with Crippen LogP contribution in [0.1, 0.15) is 11.5 Å². The van der Waals surface area contributed by atoms with Gasteiger partial charge < -0.3 is 8.83 Å². The van der Waals surface area contributed by atoms with Crippen molar-refractivity contribution in [2.24, 2.45) is 0 Å². The molecule has 0 fully saturated rings. The average molecular weight is 113 g/mol. The lowest BCUT2D eigenvalue weighted by atomic mass is 10.4. The highest BCUT2D eigenvalue weighted by molar-refractivity contribution is 5.02. The van der Waals surface area contributed by atoms with Crippen molar-refractivity contribution in [1.29, 1.82) is 0 Å². The standard InChI is InChI=1S/C5H5O3/c1-3-4(2)8-5(6)7-3/h1H2,2H3. The van der Waals surface area contributed by atoms with Gasteiger partial charge in [0.25, 0.3) is 0 Å². The summed E-state index contributed by atoms with van der Waals surface area (Å²) in [4.78, 5) is 10.1. The lowest BCUT2D eigenvalue weighted by molar-refractivity contribution is 0.375. The molecule has 1 radical (unpaired) electrons. The fourth-order valence-corrected chi connectivity index (χ4v) is 0.375. The van der Waals surface area contributed by atoms with Crippen LogP contribution in [0.15, 0.2) is 13.6 Å². The molecule has 0 unspecified atom stereocenters. The summed E-state index contributed by atoms with van der Waals surface area (Å²) >= 11 is 0. The molecule has 1 aromatic heterocycles. The quantitative estimate of drug-likeness (QED) is 0.498. The van der Waals surface area contributed by atoms with Crippen LogP contribution in [0, 0.1) is 13.8 Å². The molecule has 1 rings (SSSR count). The Morgan fingerprint density at radius 2 is 2.12 bits per heavy atom. The van der Waals surface area contributed by atoms with Gasteiger partial charge in [-0.15, -0.1) is 0 Å². The van der Waals surface area contributed by atoms with Crippen molar-refractivity contribution in [3.63, 3.8) is 0 Å². The molecule has 8 heavy (non-hydrogen) atoms. The van der Waals surface area contributed by atoms with Crippen molar-refractivity contribution >= 4 is 0 Å². The molecule has 0 aliphatic rings. The Labute approximate surface area is 45.9 Å². The van der Waals surface area contributed by atoms with Crippen molar-refractivity contribution < 1.29 is 8.83 Å². The molecule has 0 N–H and O–H groups in total. The third-order valence-corrected chi connectivity index (χ3v) is 0.836. The SMILES string of the molecule is [CH2]c1oc(=O)oc1C. The monoisotopic (exact) mass is 113 g/mol. The van der Waals surface area contributed by atoms with Crippen LogP contribution in [0.5, 0.6) is 0 Å². The van der Waals surface area contributed by atoms with Crippen molar-refractivity contribution in [1.82, 2.24) is 0 Å². The molecule has 43 valence electrons. The summed E-state index contributed by atoms with van der Waals surface area (Å²) < 4.78 is 8.81. The largest absolute Gasteiger partial charge is 0.519 e. The summed E-state index contributed by atoms with van der Waals surface area (Å²) in [7, 11) is 0. The zero-order chi connectivity index (χ0) is 6.15. The highest BCUT2D eigenvalue weighted by atomic mass is 16.6. The number of hydrogen-bond acceptors (Lipinski definition) is 3. The first-order valence-corrected chi connectivity index (χ1v) is 2.12. The number of hydrogen-bond donors (Lipinski definition) is 0. The van der Waals surface area contributed by atoms with Gasteiger partial charge in [-0.05, 0) is 6.92 Å². The van der Waals surface area contributed by atoms with Crippen LogP contribution >= 0.6 is 0 Å². The molecule has 3 heteroatoms. The van der Waals surface area contributed by atoms with Crippen LogP contribution < -0.4 is 5.82 Å². The first-order chi connectivity index (χ1) is 3.70. The van der Waals surface area contributed by atoms with Crippen LogP contribution in [0.3, 0.4) is 0 Å². The topological polar surface area (TPSA) is 43.4 Å². The first kappa shape index (κ1) is 5.15. The molecule has 3 nitrogen and oxygen atoms in total. The van der Waals surface area contributed by atoms with E-state index in [2.05, 4.69) is 15.8 Å². The summed E-state index contributed by atoms with van der Waals surface area (Å²) in [5.41, 5.74) is 0. The Kier molecular flexibility index (Phi) is 0.970. The van der Waals surface area contributed by atoms with E-state index in [1.54, 1.807) is 6.92 Å². The third kappa shape index (κ3) is 0.665. The molecule has 0 aliphatic heterocycles. The summed E-state index contributed by atoms with van der Waals surface area (Å²) in [6, 6.07) is 0. The Balaban J connectivity index is 3.35. The van der Waals surface area contributed by atoms with Gasteiger partial charge in [0.1, 0.15) is 11.5 Å². The van der Waals surface area contributed by atoms with Crippen LogP contribution in [0.25, 0.3) is 0 Å². The highest BCUT2D eigenvalue weighted by Gasteiger charge is 1.99. The fourth-order valence-electron chi connectivity index (χ4n) is 0.375. The average Bonchev–Trinajstić information content (AvgIpc) is 1.85. The Bertz CT molecular complexity index is 208. The molecule has 0 aromatic carbocycles. The van der Waals surface area contributed by atoms with E-state index in [4.69, 9.17) is 0 Å². The van der Waals surface area contributed by atoms with E-state index in [9.17, 15) is 4.79 Å². The summed E-state index contributed by atoms with van der Waals surface area (Å²) in [6.07, 6.45) is 0. The van der Waals surface area contributed by atoms with Crippen molar-refractivity contribution in [2.45, 2.75) is 6.92 Å². The Morgan fingerprint density at radius 3 is 2.25 bits per heavy atom. The molecule has 0 aliphatic carbocycles. The van der Waals surface area contributed by atoms with Gasteiger partial charge >= 0.3 is 5.82 Å². The van der Waals surface area contributed by atoms with Crippen molar-refractivity contribution in [2.75, 3.05) is 0 Å². The molecule has 1 aromatic rings. The van der Waals surface area contributed by atoms with Gasteiger partial charge in [-0.25, -0.2) is 4.79 Å². The van der Waals surface area contributed by atoms with E-state index in [1.165, 1.54) is 0 Å². The van der Waals surface area contributed by atoms with Gasteiger partial charge in [-0.3, -0.25) is 0 Å². The number of aryl methyl sites for hydroxylation is 1. The predicted octanol–water partition coefficient (Wildman–Crippen LogP) is 0.723. The van der Waals surface area contributed by atoms with Crippen molar-refractivity contribution in [3.8, 4) is 0 Å². The van der Waals surface area contributed by atoms with Crippen LogP contribution in [-0.4, -0.2) is 0 Å². The fraction of sp³-hybridized carbons (Fsp3) is 0.200. The van der Waals surface area contributed by atoms with Crippen LogP contribution in [-0.2, 0) is 0 Å². The molecule has 1 heterocycles. The first-order valence-electron chi connectivity index (χ1n) is 2.12. The van der Waals surface area contributed by atoms with E-state index in [0.29, 0.717) is 11.5 Å². The summed E-state index contributed by atoms with van der Waals surface area (Å²) in [6.45, 7) is 5.00. The molecule has 0 bridgehead atoms. The van der Waals surface area contributed by atoms with E-state index in [1.807, 2.05) is 0 Å². The number of rotatable bonds is 0. The molecule has 0 atom stereocenters. The normalized spacial score (nSPS) is 9.75. The van der Waals surface area contributed by atoms with Crippen LogP contribution in [0.2, 0.25) is 0 Å². The Morgan fingerprint density at radius 1 is 1.50 bits per heavy atom. The third-order valence-electron chi connectivity index (χ3n) is 0.836. The van der Waals surface area contributed by atoms with Gasteiger partial charge in [0.05, 0.1) is 0 Å². The molecular weight excluding hydrogens is 108 g/mol. The lowest BCUT2D eigenvalue weighted by Gasteiger charge is -1.74. The molecule has 0 saturated carbocycles. The van der Waals surface area contributed by atoms with Gasteiger partial charge in [-0.2, -0.15) is 0 Å².